The van der Waals surface area contributed by atoms with Crippen LogP contribution in [0.2, 0.25) is 0 Å². The highest BCUT2D eigenvalue weighted by Gasteiger charge is 2.53. The second-order valence-corrected chi connectivity index (χ2v) is 4.60. The largest absolute Gasteiger partial charge is 0.393 e. The van der Waals surface area contributed by atoms with Gasteiger partial charge in [-0.1, -0.05) is 13.8 Å². The Bertz CT molecular complexity index is 214. The number of methoxy groups -OCH3 is 1. The second-order valence-electron chi connectivity index (χ2n) is 4.60. The highest BCUT2D eigenvalue weighted by molar-refractivity contribution is 6.11. The van der Waals surface area contributed by atoms with E-state index in [1.54, 1.807) is 7.11 Å². The molecule has 5 heteroatoms. The molecule has 0 aliphatic carbocycles. The number of hydrogen-bond donors (Lipinski definition) is 2. The van der Waals surface area contributed by atoms with Crippen LogP contribution in [0.25, 0.3) is 0 Å². The molecule has 1 aliphatic rings. The first-order valence-electron chi connectivity index (χ1n) is 5.45. The van der Waals surface area contributed by atoms with Gasteiger partial charge in [-0.15, -0.1) is 0 Å². The van der Waals surface area contributed by atoms with Crippen molar-refractivity contribution in [2.24, 2.45) is 11.8 Å². The van der Waals surface area contributed by atoms with Gasteiger partial charge in [0.05, 0.1) is 19.3 Å². The predicted octanol–water partition coefficient (Wildman–Crippen LogP) is -1.01. The molecule has 15 heavy (non-hydrogen) atoms. The summed E-state index contributed by atoms with van der Waals surface area (Å²) in [7, 11) is 3.53. The SMILES string of the molecule is B[C@@H]1O[C@@](CO)(C(C)COC)[C@@H](O)[C@H]1C. The topological polar surface area (TPSA) is 58.9 Å². The standard InChI is InChI=1S/C10H21BO4/c1-6(4-14-3)10(5-12)8(13)7(2)9(11)15-10/h6-9,12-13H,4-5,11H2,1-3H3/t6?,7-,8+,9-,10+/m1/s1. The fourth-order valence-corrected chi connectivity index (χ4v) is 2.31. The summed E-state index contributed by atoms with van der Waals surface area (Å²) in [6.07, 6.45) is -0.636. The molecule has 0 aromatic rings. The Balaban J connectivity index is 2.85. The van der Waals surface area contributed by atoms with Crippen LogP contribution in [0.3, 0.4) is 0 Å². The molecule has 0 bridgehead atoms. The van der Waals surface area contributed by atoms with E-state index in [-0.39, 0.29) is 24.4 Å². The van der Waals surface area contributed by atoms with Crippen LogP contribution in [0, 0.1) is 11.8 Å². The van der Waals surface area contributed by atoms with E-state index in [0.717, 1.165) is 0 Å². The van der Waals surface area contributed by atoms with Crippen molar-refractivity contribution in [2.75, 3.05) is 20.3 Å². The lowest BCUT2D eigenvalue weighted by molar-refractivity contribution is -0.141. The fraction of sp³-hybridized carbons (Fsp3) is 1.00. The van der Waals surface area contributed by atoms with E-state index in [1.807, 2.05) is 21.7 Å². The first-order chi connectivity index (χ1) is 6.99. The zero-order valence-electron chi connectivity index (χ0n) is 9.93. The Morgan fingerprint density at radius 1 is 1.60 bits per heavy atom. The van der Waals surface area contributed by atoms with Gasteiger partial charge in [-0.3, -0.25) is 0 Å². The van der Waals surface area contributed by atoms with Crippen LogP contribution in [-0.2, 0) is 9.47 Å². The number of aliphatic hydroxyl groups excluding tert-OH is 2. The molecule has 1 fully saturated rings. The maximum atomic E-state index is 10.1. The van der Waals surface area contributed by atoms with E-state index in [1.165, 1.54) is 0 Å². The molecule has 0 spiro atoms. The van der Waals surface area contributed by atoms with Crippen LogP contribution >= 0.6 is 0 Å². The van der Waals surface area contributed by atoms with Crippen molar-refractivity contribution < 1.29 is 19.7 Å². The van der Waals surface area contributed by atoms with Gasteiger partial charge in [-0.05, 0) is 0 Å². The normalized spacial score (nSPS) is 43.1. The summed E-state index contributed by atoms with van der Waals surface area (Å²) in [5.74, 6) is 0.00589. The molecule has 88 valence electrons. The maximum absolute atomic E-state index is 10.1. The molecule has 1 saturated heterocycles. The summed E-state index contributed by atoms with van der Waals surface area (Å²) < 4.78 is 10.8. The minimum Gasteiger partial charge on any atom is -0.393 e. The third-order valence-corrected chi connectivity index (χ3v) is 3.64. The van der Waals surface area contributed by atoms with Crippen LogP contribution < -0.4 is 0 Å². The minimum atomic E-state index is -0.866. The summed E-state index contributed by atoms with van der Waals surface area (Å²) in [4.78, 5) is 0. The number of rotatable bonds is 4. The van der Waals surface area contributed by atoms with Gasteiger partial charge in [0.1, 0.15) is 13.4 Å². The van der Waals surface area contributed by atoms with Crippen LogP contribution in [-0.4, -0.2) is 56.1 Å². The van der Waals surface area contributed by atoms with Crippen molar-refractivity contribution in [2.45, 2.75) is 31.6 Å². The van der Waals surface area contributed by atoms with E-state index >= 15 is 0 Å². The molecule has 1 heterocycles. The molecule has 1 aliphatic heterocycles. The van der Waals surface area contributed by atoms with Crippen molar-refractivity contribution in [1.82, 2.24) is 0 Å². The monoisotopic (exact) mass is 216 g/mol. The average Bonchev–Trinajstić information content (AvgIpc) is 2.44. The van der Waals surface area contributed by atoms with Crippen molar-refractivity contribution >= 4 is 7.85 Å². The fourth-order valence-electron chi connectivity index (χ4n) is 2.31. The zero-order valence-corrected chi connectivity index (χ0v) is 9.93. The smallest absolute Gasteiger partial charge is 0.139 e. The molecule has 2 N–H and O–H groups in total. The van der Waals surface area contributed by atoms with Crippen LogP contribution in [0.1, 0.15) is 13.8 Å². The van der Waals surface area contributed by atoms with Crippen LogP contribution in [0.4, 0.5) is 0 Å². The summed E-state index contributed by atoms with van der Waals surface area (Å²) in [5, 5.41) is 19.6. The third kappa shape index (κ3) is 2.06. The van der Waals surface area contributed by atoms with Crippen molar-refractivity contribution in [3.8, 4) is 0 Å². The van der Waals surface area contributed by atoms with Gasteiger partial charge in [-0.2, -0.15) is 0 Å². The summed E-state index contributed by atoms with van der Waals surface area (Å²) in [6.45, 7) is 4.16. The van der Waals surface area contributed by atoms with Crippen LogP contribution in [0.15, 0.2) is 0 Å². The van der Waals surface area contributed by atoms with Gasteiger partial charge in [0.15, 0.2) is 0 Å². The summed E-state index contributed by atoms with van der Waals surface area (Å²) in [6, 6.07) is -0.0357. The van der Waals surface area contributed by atoms with E-state index < -0.39 is 11.7 Å². The Morgan fingerprint density at radius 3 is 2.53 bits per heavy atom. The van der Waals surface area contributed by atoms with Crippen LogP contribution in [0.5, 0.6) is 0 Å². The Hall–Kier alpha value is -0.0951. The van der Waals surface area contributed by atoms with Crippen molar-refractivity contribution in [3.05, 3.63) is 0 Å². The lowest BCUT2D eigenvalue weighted by Gasteiger charge is -2.36. The molecule has 0 amide bonds. The second kappa shape index (κ2) is 4.83. The molecule has 1 unspecified atom stereocenters. The van der Waals surface area contributed by atoms with Gasteiger partial charge in [0.2, 0.25) is 0 Å². The molecular formula is C10H21BO4. The summed E-state index contributed by atoms with van der Waals surface area (Å²) >= 11 is 0. The van der Waals surface area contributed by atoms with E-state index in [9.17, 15) is 10.2 Å². The lowest BCUT2D eigenvalue weighted by atomic mass is 9.79. The molecule has 4 nitrogen and oxygen atoms in total. The quantitative estimate of drug-likeness (QED) is 0.591. The Morgan fingerprint density at radius 2 is 2.20 bits per heavy atom. The van der Waals surface area contributed by atoms with Gasteiger partial charge < -0.3 is 19.7 Å². The van der Waals surface area contributed by atoms with Gasteiger partial charge in [-0.25, -0.2) is 0 Å². The first kappa shape index (κ1) is 13.0. The molecule has 0 aromatic carbocycles. The minimum absolute atomic E-state index is 0.0325. The average molecular weight is 216 g/mol. The molecule has 0 aromatic heterocycles. The molecular weight excluding hydrogens is 195 g/mol. The number of aliphatic hydroxyl groups is 2. The highest BCUT2D eigenvalue weighted by atomic mass is 16.5. The third-order valence-electron chi connectivity index (χ3n) is 3.64. The molecule has 5 atom stereocenters. The zero-order chi connectivity index (χ0) is 11.6. The predicted molar refractivity (Wildman–Crippen MR) is 59.4 cm³/mol. The first-order valence-corrected chi connectivity index (χ1v) is 5.45. The lowest BCUT2D eigenvalue weighted by Crippen LogP contribution is -2.51. The van der Waals surface area contributed by atoms with Crippen molar-refractivity contribution in [3.63, 3.8) is 0 Å². The molecule has 0 radical (unpaired) electrons. The summed E-state index contributed by atoms with van der Waals surface area (Å²) in [5.41, 5.74) is -0.866. The van der Waals surface area contributed by atoms with Gasteiger partial charge in [0.25, 0.3) is 0 Å². The van der Waals surface area contributed by atoms with E-state index in [2.05, 4.69) is 0 Å². The van der Waals surface area contributed by atoms with E-state index in [4.69, 9.17) is 9.47 Å². The molecule has 0 saturated carbocycles. The number of hydrogen-bond acceptors (Lipinski definition) is 4. The molecule has 1 rings (SSSR count). The Kier molecular flexibility index (Phi) is 4.17. The van der Waals surface area contributed by atoms with Gasteiger partial charge >= 0.3 is 0 Å². The highest BCUT2D eigenvalue weighted by Crippen LogP contribution is 2.39. The maximum Gasteiger partial charge on any atom is 0.139 e. The number of ether oxygens (including phenoxy) is 2. The van der Waals surface area contributed by atoms with Crippen molar-refractivity contribution in [1.29, 1.82) is 0 Å². The Labute approximate surface area is 92.0 Å². The van der Waals surface area contributed by atoms with Gasteiger partial charge in [0, 0.05) is 24.9 Å². The van der Waals surface area contributed by atoms with E-state index in [0.29, 0.717) is 6.61 Å².